The van der Waals surface area contributed by atoms with E-state index in [1.165, 1.54) is 13.2 Å². The Balaban J connectivity index is 1.21. The number of rotatable bonds is 7. The van der Waals surface area contributed by atoms with Crippen molar-refractivity contribution < 1.29 is 23.5 Å². The zero-order valence-electron chi connectivity index (χ0n) is 23.4. The van der Waals surface area contributed by atoms with E-state index >= 15 is 0 Å². The van der Waals surface area contributed by atoms with Crippen LogP contribution in [0.2, 0.25) is 0 Å². The number of nitrogens with one attached hydrogen (secondary N) is 1. The Morgan fingerprint density at radius 3 is 2.39 bits per heavy atom. The van der Waals surface area contributed by atoms with Gasteiger partial charge in [0.25, 0.3) is 5.91 Å². The Labute approximate surface area is 239 Å². The number of halogens is 1. The molecule has 9 heteroatoms. The second-order valence-electron chi connectivity index (χ2n) is 10.7. The van der Waals surface area contributed by atoms with E-state index in [0.717, 1.165) is 43.7 Å². The molecule has 8 nitrogen and oxygen atoms in total. The summed E-state index contributed by atoms with van der Waals surface area (Å²) >= 11 is 0. The normalized spacial score (nSPS) is 20.1. The Morgan fingerprint density at radius 2 is 1.63 bits per heavy atom. The van der Waals surface area contributed by atoms with Gasteiger partial charge >= 0.3 is 0 Å². The molecule has 214 valence electrons. The number of carbonyl (C=O) groups is 2. The van der Waals surface area contributed by atoms with E-state index in [1.807, 2.05) is 35.2 Å². The molecule has 2 amide bonds. The molecule has 0 aliphatic carbocycles. The lowest BCUT2D eigenvalue weighted by molar-refractivity contribution is -0.124. The van der Waals surface area contributed by atoms with Gasteiger partial charge in [0.05, 0.1) is 31.9 Å². The summed E-state index contributed by atoms with van der Waals surface area (Å²) in [5.41, 5.74) is 3.94. The number of ether oxygens (including phenoxy) is 2. The average Bonchev–Trinajstić information content (AvgIpc) is 3.01. The third-order valence-electron chi connectivity index (χ3n) is 8.60. The monoisotopic (exact) mass is 558 g/mol. The first kappa shape index (κ1) is 27.1. The Hall–Kier alpha value is -4.11. The zero-order chi connectivity index (χ0) is 28.5. The summed E-state index contributed by atoms with van der Waals surface area (Å²) in [7, 11) is 3.09. The van der Waals surface area contributed by atoms with Crippen LogP contribution in [0, 0.1) is 5.82 Å². The highest BCUT2D eigenvalue weighted by molar-refractivity contribution is 6.02. The number of fused-ring (bicyclic) bond motifs is 4. The molecular weight excluding hydrogens is 523 g/mol. The number of hydrogen-bond acceptors (Lipinski definition) is 6. The van der Waals surface area contributed by atoms with Crippen molar-refractivity contribution >= 4 is 17.5 Å². The molecule has 0 aromatic heterocycles. The highest BCUT2D eigenvalue weighted by Gasteiger charge is 2.46. The van der Waals surface area contributed by atoms with Gasteiger partial charge in [-0.15, -0.1) is 0 Å². The largest absolute Gasteiger partial charge is 0.493 e. The van der Waals surface area contributed by atoms with Gasteiger partial charge in [0, 0.05) is 51.4 Å². The number of anilines is 1. The third kappa shape index (κ3) is 4.99. The van der Waals surface area contributed by atoms with Gasteiger partial charge in [-0.05, 0) is 47.4 Å². The molecule has 2 atom stereocenters. The summed E-state index contributed by atoms with van der Waals surface area (Å²) in [4.78, 5) is 33.9. The molecule has 1 N–H and O–H groups in total. The molecular formula is C32H35FN4O4. The number of nitrogens with zero attached hydrogens (tertiary/aromatic N) is 3. The molecule has 3 aromatic rings. The summed E-state index contributed by atoms with van der Waals surface area (Å²) in [6.07, 6.45) is 0.744. The van der Waals surface area contributed by atoms with E-state index in [9.17, 15) is 14.0 Å². The topological polar surface area (TPSA) is 74.4 Å². The molecule has 1 saturated heterocycles. The van der Waals surface area contributed by atoms with Crippen LogP contribution in [0.4, 0.5) is 10.1 Å². The molecule has 0 spiro atoms. The molecule has 3 heterocycles. The highest BCUT2D eigenvalue weighted by atomic mass is 19.1. The van der Waals surface area contributed by atoms with Crippen molar-refractivity contribution in [1.29, 1.82) is 0 Å². The number of hydrogen-bond donors (Lipinski definition) is 1. The summed E-state index contributed by atoms with van der Waals surface area (Å²) in [5, 5.41) is 3.17. The lowest BCUT2D eigenvalue weighted by atomic mass is 9.75. The molecule has 0 bridgehead atoms. The standard InChI is InChI=1S/C32H35FN4O4/c1-40-27-19-23-24(20-28(27)41-2)32(39)37-13-11-21-7-3-4-8-22(21)30(37)29(23)31(38)34-12-14-35-15-17-36(18-16-35)26-10-6-5-9-25(26)33/h3-10,19-20,29-30H,11-18H2,1-2H3,(H,34,38)/t29-,30+/m0/s1. The quantitative estimate of drug-likeness (QED) is 0.478. The molecule has 3 aromatic carbocycles. The van der Waals surface area contributed by atoms with Gasteiger partial charge in [-0.1, -0.05) is 36.4 Å². The molecule has 3 aliphatic heterocycles. The predicted octanol–water partition coefficient (Wildman–Crippen LogP) is 3.62. The van der Waals surface area contributed by atoms with Crippen molar-refractivity contribution in [3.8, 4) is 11.5 Å². The molecule has 1 fully saturated rings. The van der Waals surface area contributed by atoms with Crippen LogP contribution in [0.25, 0.3) is 0 Å². The fourth-order valence-electron chi connectivity index (χ4n) is 6.50. The minimum absolute atomic E-state index is 0.0998. The number of carbonyl (C=O) groups excluding carboxylic acids is 2. The number of amides is 2. The fourth-order valence-corrected chi connectivity index (χ4v) is 6.50. The summed E-state index contributed by atoms with van der Waals surface area (Å²) in [5.74, 6) is -0.0694. The molecule has 0 unspecified atom stereocenters. The van der Waals surface area contributed by atoms with E-state index in [2.05, 4.69) is 21.2 Å². The number of methoxy groups -OCH3 is 2. The first-order chi connectivity index (χ1) is 20.0. The molecule has 41 heavy (non-hydrogen) atoms. The van der Waals surface area contributed by atoms with E-state index in [4.69, 9.17) is 9.47 Å². The summed E-state index contributed by atoms with van der Waals surface area (Å²) in [6.45, 7) is 4.72. The van der Waals surface area contributed by atoms with Crippen LogP contribution in [0.15, 0.2) is 60.7 Å². The van der Waals surface area contributed by atoms with Crippen molar-refractivity contribution in [3.05, 3.63) is 88.7 Å². The summed E-state index contributed by atoms with van der Waals surface area (Å²) < 4.78 is 25.3. The first-order valence-electron chi connectivity index (χ1n) is 14.1. The zero-order valence-corrected chi connectivity index (χ0v) is 23.4. The van der Waals surface area contributed by atoms with Crippen LogP contribution in [-0.2, 0) is 11.2 Å². The van der Waals surface area contributed by atoms with Crippen LogP contribution in [0.3, 0.4) is 0 Å². The minimum Gasteiger partial charge on any atom is -0.493 e. The van der Waals surface area contributed by atoms with Crippen LogP contribution in [0.5, 0.6) is 11.5 Å². The first-order valence-corrected chi connectivity index (χ1v) is 14.1. The van der Waals surface area contributed by atoms with E-state index in [1.54, 1.807) is 25.3 Å². The van der Waals surface area contributed by atoms with Gasteiger partial charge < -0.3 is 24.6 Å². The number of para-hydroxylation sites is 1. The van der Waals surface area contributed by atoms with Crippen molar-refractivity contribution in [1.82, 2.24) is 15.1 Å². The lowest BCUT2D eigenvalue weighted by Gasteiger charge is -2.45. The fraction of sp³-hybridized carbons (Fsp3) is 0.375. The molecule has 0 radical (unpaired) electrons. The van der Waals surface area contributed by atoms with Gasteiger partial charge in [0.15, 0.2) is 11.5 Å². The summed E-state index contributed by atoms with van der Waals surface area (Å²) in [6, 6.07) is 18.0. The smallest absolute Gasteiger partial charge is 0.254 e. The van der Waals surface area contributed by atoms with Crippen LogP contribution in [0.1, 0.15) is 39.0 Å². The predicted molar refractivity (Wildman–Crippen MR) is 154 cm³/mol. The maximum absolute atomic E-state index is 14.2. The highest BCUT2D eigenvalue weighted by Crippen LogP contribution is 2.48. The van der Waals surface area contributed by atoms with Gasteiger partial charge in [-0.2, -0.15) is 0 Å². The third-order valence-corrected chi connectivity index (χ3v) is 8.60. The molecule has 6 rings (SSSR count). The van der Waals surface area contributed by atoms with E-state index in [-0.39, 0.29) is 17.6 Å². The lowest BCUT2D eigenvalue weighted by Crippen LogP contribution is -2.51. The Bertz CT molecular complexity index is 1460. The molecule has 0 saturated carbocycles. The van der Waals surface area contributed by atoms with Crippen molar-refractivity contribution in [3.63, 3.8) is 0 Å². The van der Waals surface area contributed by atoms with Crippen LogP contribution < -0.4 is 19.7 Å². The maximum atomic E-state index is 14.2. The number of piperazine rings is 1. The van der Waals surface area contributed by atoms with Gasteiger partial charge in [0.1, 0.15) is 5.82 Å². The van der Waals surface area contributed by atoms with Crippen LogP contribution >= 0.6 is 0 Å². The maximum Gasteiger partial charge on any atom is 0.254 e. The number of benzene rings is 3. The average molecular weight is 559 g/mol. The van der Waals surface area contributed by atoms with E-state index < -0.39 is 12.0 Å². The SMILES string of the molecule is COc1cc2c(cc1OC)[C@H](C(=O)NCCN1CCN(c3ccccc3F)CC1)[C@H]1c3ccccc3CCN1C2=O. The Kier molecular flexibility index (Phi) is 7.53. The van der Waals surface area contributed by atoms with Gasteiger partial charge in [-0.3, -0.25) is 14.5 Å². The Morgan fingerprint density at radius 1 is 0.927 bits per heavy atom. The second kappa shape index (κ2) is 11.4. The van der Waals surface area contributed by atoms with Gasteiger partial charge in [0.2, 0.25) is 5.91 Å². The minimum atomic E-state index is -0.596. The molecule has 3 aliphatic rings. The van der Waals surface area contributed by atoms with Crippen molar-refractivity contribution in [2.24, 2.45) is 0 Å². The van der Waals surface area contributed by atoms with E-state index in [0.29, 0.717) is 47.9 Å². The van der Waals surface area contributed by atoms with Crippen molar-refractivity contribution in [2.45, 2.75) is 18.4 Å². The van der Waals surface area contributed by atoms with Crippen molar-refractivity contribution in [2.75, 3.05) is 64.9 Å². The second-order valence-corrected chi connectivity index (χ2v) is 10.7. The van der Waals surface area contributed by atoms with Crippen LogP contribution in [-0.4, -0.2) is 81.6 Å². The van der Waals surface area contributed by atoms with Gasteiger partial charge in [-0.25, -0.2) is 4.39 Å².